The first-order valence-electron chi connectivity index (χ1n) is 4.23. The minimum atomic E-state index is -0.309. The average molecular weight is 188 g/mol. The smallest absolute Gasteiger partial charge is 0.133 e. The van der Waals surface area contributed by atoms with Crippen molar-refractivity contribution >= 4 is 5.69 Å². The normalized spacial score (nSPS) is 10.1. The molecule has 0 spiro atoms. The molecule has 1 heterocycles. The molecule has 14 heavy (non-hydrogen) atoms. The first-order valence-corrected chi connectivity index (χ1v) is 4.23. The molecule has 0 radical (unpaired) electrons. The molecule has 2 N–H and O–H groups in total. The number of benzene rings is 1. The Labute approximate surface area is 81.2 Å². The number of hydrogen-bond donors (Lipinski definition) is 1. The van der Waals surface area contributed by atoms with Crippen LogP contribution < -0.4 is 5.73 Å². The van der Waals surface area contributed by atoms with E-state index in [2.05, 4.69) is 4.98 Å². The molecule has 0 aliphatic rings. The fourth-order valence-electron chi connectivity index (χ4n) is 1.36. The van der Waals surface area contributed by atoms with Crippen LogP contribution in [0.2, 0.25) is 0 Å². The van der Waals surface area contributed by atoms with E-state index in [1.807, 2.05) is 0 Å². The predicted molar refractivity (Wildman–Crippen MR) is 54.0 cm³/mol. The van der Waals surface area contributed by atoms with Crippen molar-refractivity contribution in [1.82, 2.24) is 4.98 Å². The number of nitrogens with two attached hydrogens (primary N) is 1. The molecule has 1 aromatic heterocycles. The van der Waals surface area contributed by atoms with E-state index in [1.165, 1.54) is 6.07 Å². The van der Waals surface area contributed by atoms with E-state index in [-0.39, 0.29) is 5.82 Å². The summed E-state index contributed by atoms with van der Waals surface area (Å²) in [5.41, 5.74) is 7.32. The van der Waals surface area contributed by atoms with Crippen molar-refractivity contribution in [3.63, 3.8) is 0 Å². The molecule has 3 heteroatoms. The Balaban J connectivity index is 2.63. The topological polar surface area (TPSA) is 38.9 Å². The number of anilines is 1. The van der Waals surface area contributed by atoms with Crippen molar-refractivity contribution in [1.29, 1.82) is 0 Å². The second-order valence-electron chi connectivity index (χ2n) is 2.94. The number of nitrogens with zero attached hydrogens (tertiary/aromatic N) is 1. The van der Waals surface area contributed by atoms with Gasteiger partial charge >= 0.3 is 0 Å². The summed E-state index contributed by atoms with van der Waals surface area (Å²) >= 11 is 0. The van der Waals surface area contributed by atoms with Gasteiger partial charge in [0, 0.05) is 23.6 Å². The van der Waals surface area contributed by atoms with E-state index in [1.54, 1.807) is 36.7 Å². The third kappa shape index (κ3) is 1.44. The van der Waals surface area contributed by atoms with Crippen LogP contribution in [0.15, 0.2) is 42.7 Å². The molecule has 0 unspecified atom stereocenters. The SMILES string of the molecule is Nc1cccc(F)c1-c1ccncc1. The van der Waals surface area contributed by atoms with Crippen LogP contribution in [0.3, 0.4) is 0 Å². The Morgan fingerprint density at radius 3 is 2.43 bits per heavy atom. The molecule has 1 aromatic carbocycles. The maximum Gasteiger partial charge on any atom is 0.133 e. The highest BCUT2D eigenvalue weighted by molar-refractivity contribution is 5.76. The molecule has 2 rings (SSSR count). The molecular weight excluding hydrogens is 179 g/mol. The van der Waals surface area contributed by atoms with E-state index in [9.17, 15) is 4.39 Å². The van der Waals surface area contributed by atoms with Gasteiger partial charge in [0.15, 0.2) is 0 Å². The molecule has 0 bridgehead atoms. The largest absolute Gasteiger partial charge is 0.398 e. The lowest BCUT2D eigenvalue weighted by molar-refractivity contribution is 0.632. The van der Waals surface area contributed by atoms with Gasteiger partial charge < -0.3 is 5.73 Å². The summed E-state index contributed by atoms with van der Waals surface area (Å²) < 4.78 is 13.4. The third-order valence-corrected chi connectivity index (χ3v) is 2.01. The quantitative estimate of drug-likeness (QED) is 0.698. The van der Waals surface area contributed by atoms with Gasteiger partial charge in [-0.15, -0.1) is 0 Å². The lowest BCUT2D eigenvalue weighted by Crippen LogP contribution is -1.93. The van der Waals surface area contributed by atoms with Gasteiger partial charge in [0.25, 0.3) is 0 Å². The zero-order valence-electron chi connectivity index (χ0n) is 7.44. The van der Waals surface area contributed by atoms with Crippen molar-refractivity contribution in [2.45, 2.75) is 0 Å². The molecule has 2 nitrogen and oxygen atoms in total. The van der Waals surface area contributed by atoms with E-state index in [0.717, 1.165) is 5.56 Å². The Morgan fingerprint density at radius 2 is 1.79 bits per heavy atom. The molecule has 0 atom stereocenters. The second-order valence-corrected chi connectivity index (χ2v) is 2.94. The summed E-state index contributed by atoms with van der Waals surface area (Å²) in [6, 6.07) is 8.13. The minimum Gasteiger partial charge on any atom is -0.398 e. The predicted octanol–water partition coefficient (Wildman–Crippen LogP) is 2.47. The fourth-order valence-corrected chi connectivity index (χ4v) is 1.36. The summed E-state index contributed by atoms with van der Waals surface area (Å²) in [5, 5.41) is 0. The molecule has 0 amide bonds. The van der Waals surface area contributed by atoms with Crippen LogP contribution in [0.5, 0.6) is 0 Å². The Hall–Kier alpha value is -1.90. The first-order chi connectivity index (χ1) is 6.79. The summed E-state index contributed by atoms with van der Waals surface area (Å²) in [4.78, 5) is 3.87. The zero-order valence-corrected chi connectivity index (χ0v) is 7.44. The molecule has 0 saturated heterocycles. The van der Waals surface area contributed by atoms with Crippen molar-refractivity contribution in [2.24, 2.45) is 0 Å². The maximum absolute atomic E-state index is 13.4. The van der Waals surface area contributed by atoms with Crippen LogP contribution in [-0.2, 0) is 0 Å². The Bertz CT molecular complexity index is 420. The molecule has 0 saturated carbocycles. The highest BCUT2D eigenvalue weighted by Gasteiger charge is 2.07. The Kier molecular flexibility index (Phi) is 2.14. The van der Waals surface area contributed by atoms with Gasteiger partial charge in [-0.2, -0.15) is 0 Å². The van der Waals surface area contributed by atoms with Gasteiger partial charge in [-0.1, -0.05) is 6.07 Å². The molecule has 70 valence electrons. The van der Waals surface area contributed by atoms with Crippen molar-refractivity contribution < 1.29 is 4.39 Å². The lowest BCUT2D eigenvalue weighted by atomic mass is 10.0. The van der Waals surface area contributed by atoms with Gasteiger partial charge in [0.1, 0.15) is 5.82 Å². The van der Waals surface area contributed by atoms with E-state index >= 15 is 0 Å². The van der Waals surface area contributed by atoms with Crippen LogP contribution in [0, 0.1) is 5.82 Å². The molecule has 0 fully saturated rings. The minimum absolute atomic E-state index is 0.309. The monoisotopic (exact) mass is 188 g/mol. The molecule has 0 aliphatic carbocycles. The number of rotatable bonds is 1. The highest BCUT2D eigenvalue weighted by atomic mass is 19.1. The van der Waals surface area contributed by atoms with Crippen molar-refractivity contribution in [2.75, 3.05) is 5.73 Å². The Morgan fingerprint density at radius 1 is 1.07 bits per heavy atom. The van der Waals surface area contributed by atoms with Crippen LogP contribution >= 0.6 is 0 Å². The van der Waals surface area contributed by atoms with Crippen molar-refractivity contribution in [3.8, 4) is 11.1 Å². The molecule has 0 aliphatic heterocycles. The highest BCUT2D eigenvalue weighted by Crippen LogP contribution is 2.27. The first kappa shape index (κ1) is 8.69. The maximum atomic E-state index is 13.4. The number of halogens is 1. The van der Waals surface area contributed by atoms with Gasteiger partial charge in [-0.3, -0.25) is 4.98 Å². The van der Waals surface area contributed by atoms with E-state index in [4.69, 9.17) is 5.73 Å². The van der Waals surface area contributed by atoms with Gasteiger partial charge in [0.2, 0.25) is 0 Å². The number of nitrogen functional groups attached to an aromatic ring is 1. The number of pyridine rings is 1. The summed E-state index contributed by atoms with van der Waals surface area (Å²) in [6.45, 7) is 0. The van der Waals surface area contributed by atoms with Gasteiger partial charge in [-0.25, -0.2) is 4.39 Å². The average Bonchev–Trinajstić information content (AvgIpc) is 2.19. The zero-order chi connectivity index (χ0) is 9.97. The van der Waals surface area contributed by atoms with Crippen LogP contribution in [0.4, 0.5) is 10.1 Å². The number of hydrogen-bond acceptors (Lipinski definition) is 2. The fraction of sp³-hybridized carbons (Fsp3) is 0. The standard InChI is InChI=1S/C11H9FN2/c12-9-2-1-3-10(13)11(9)8-4-6-14-7-5-8/h1-7H,13H2. The van der Waals surface area contributed by atoms with E-state index < -0.39 is 0 Å². The number of aromatic nitrogens is 1. The summed E-state index contributed by atoms with van der Waals surface area (Å²) in [7, 11) is 0. The van der Waals surface area contributed by atoms with Crippen molar-refractivity contribution in [3.05, 3.63) is 48.5 Å². The van der Waals surface area contributed by atoms with Gasteiger partial charge in [0.05, 0.1) is 0 Å². The molecule has 2 aromatic rings. The van der Waals surface area contributed by atoms with Crippen LogP contribution in [0.1, 0.15) is 0 Å². The second kappa shape index (κ2) is 3.46. The summed E-state index contributed by atoms with van der Waals surface area (Å²) in [5.74, 6) is -0.309. The lowest BCUT2D eigenvalue weighted by Gasteiger charge is -2.05. The van der Waals surface area contributed by atoms with Crippen LogP contribution in [-0.4, -0.2) is 4.98 Å². The summed E-state index contributed by atoms with van der Waals surface area (Å²) in [6.07, 6.45) is 3.22. The van der Waals surface area contributed by atoms with E-state index in [0.29, 0.717) is 11.3 Å². The van der Waals surface area contributed by atoms with Gasteiger partial charge in [-0.05, 0) is 29.8 Å². The molecular formula is C11H9FN2. The third-order valence-electron chi connectivity index (χ3n) is 2.01. The van der Waals surface area contributed by atoms with Crippen LogP contribution in [0.25, 0.3) is 11.1 Å².